The van der Waals surface area contributed by atoms with Crippen LogP contribution in [0.1, 0.15) is 10.4 Å². The van der Waals surface area contributed by atoms with Crippen LogP contribution in [0.25, 0.3) is 0 Å². The molecule has 0 bridgehead atoms. The first-order chi connectivity index (χ1) is 12.1. The van der Waals surface area contributed by atoms with E-state index in [9.17, 15) is 9.59 Å². The first-order valence-electron chi connectivity index (χ1n) is 7.91. The van der Waals surface area contributed by atoms with Gasteiger partial charge in [0.25, 0.3) is 5.91 Å². The molecule has 0 unspecified atom stereocenters. The molecule has 1 aliphatic rings. The van der Waals surface area contributed by atoms with Gasteiger partial charge in [0, 0.05) is 5.69 Å². The van der Waals surface area contributed by atoms with Crippen molar-refractivity contribution in [2.45, 2.75) is 6.10 Å². The van der Waals surface area contributed by atoms with Crippen molar-refractivity contribution in [2.75, 3.05) is 25.0 Å². The Hall–Kier alpha value is -3.22. The molecule has 0 aliphatic carbocycles. The average molecular weight is 341 g/mol. The van der Waals surface area contributed by atoms with Gasteiger partial charge in [-0.25, -0.2) is 0 Å². The number of nitrogens with two attached hydrogens (primary N) is 1. The average Bonchev–Trinajstić information content (AvgIpc) is 2.64. The number of para-hydroxylation sites is 3. The normalized spacial score (nSPS) is 15.3. The summed E-state index contributed by atoms with van der Waals surface area (Å²) >= 11 is 0. The van der Waals surface area contributed by atoms with E-state index < -0.39 is 5.91 Å². The van der Waals surface area contributed by atoms with Crippen LogP contribution >= 0.6 is 0 Å². The van der Waals surface area contributed by atoms with E-state index in [1.54, 1.807) is 24.3 Å². The predicted octanol–water partition coefficient (Wildman–Crippen LogP) is 1.15. The molecule has 4 N–H and O–H groups in total. The minimum atomic E-state index is -0.546. The standard InChI is InChI=1S/C18H19N3O4/c19-18(23)13-5-1-2-6-14(13)20-10-17(22)21-9-12-11-24-15-7-3-4-8-16(15)25-12/h1-8,12,20H,9-11H2,(H2,19,23)(H,21,22)/t12-/m1/s1. The van der Waals surface area contributed by atoms with Gasteiger partial charge in [0.15, 0.2) is 11.5 Å². The van der Waals surface area contributed by atoms with Crippen LogP contribution in [0.2, 0.25) is 0 Å². The van der Waals surface area contributed by atoms with Crippen molar-refractivity contribution in [2.24, 2.45) is 5.73 Å². The third kappa shape index (κ3) is 4.20. The number of carbonyl (C=O) groups excluding carboxylic acids is 2. The number of hydrogen-bond donors (Lipinski definition) is 3. The monoisotopic (exact) mass is 341 g/mol. The van der Waals surface area contributed by atoms with Crippen molar-refractivity contribution in [3.8, 4) is 11.5 Å². The zero-order valence-corrected chi connectivity index (χ0v) is 13.5. The highest BCUT2D eigenvalue weighted by Crippen LogP contribution is 2.30. The van der Waals surface area contributed by atoms with Gasteiger partial charge in [-0.1, -0.05) is 24.3 Å². The summed E-state index contributed by atoms with van der Waals surface area (Å²) in [6.45, 7) is 0.718. The van der Waals surface area contributed by atoms with Crippen LogP contribution in [0, 0.1) is 0 Å². The number of fused-ring (bicyclic) bond motifs is 1. The lowest BCUT2D eigenvalue weighted by atomic mass is 10.1. The second-order valence-corrected chi connectivity index (χ2v) is 5.57. The van der Waals surface area contributed by atoms with Crippen LogP contribution in [0.4, 0.5) is 5.69 Å². The number of ether oxygens (including phenoxy) is 2. The Morgan fingerprint density at radius 3 is 2.60 bits per heavy atom. The van der Waals surface area contributed by atoms with Gasteiger partial charge in [-0.3, -0.25) is 9.59 Å². The first kappa shape index (κ1) is 16.6. The van der Waals surface area contributed by atoms with Gasteiger partial charge >= 0.3 is 0 Å². The number of nitrogens with one attached hydrogen (secondary N) is 2. The van der Waals surface area contributed by atoms with Crippen molar-refractivity contribution in [1.82, 2.24) is 5.32 Å². The Labute approximate surface area is 145 Å². The number of anilines is 1. The molecule has 7 heteroatoms. The van der Waals surface area contributed by atoms with Crippen molar-refractivity contribution in [1.29, 1.82) is 0 Å². The lowest BCUT2D eigenvalue weighted by molar-refractivity contribution is -0.119. The van der Waals surface area contributed by atoms with Crippen LogP contribution in [-0.2, 0) is 4.79 Å². The van der Waals surface area contributed by atoms with Crippen LogP contribution in [0.15, 0.2) is 48.5 Å². The second-order valence-electron chi connectivity index (χ2n) is 5.57. The zero-order valence-electron chi connectivity index (χ0n) is 13.5. The highest BCUT2D eigenvalue weighted by Gasteiger charge is 2.21. The molecule has 1 aliphatic heterocycles. The molecule has 0 fully saturated rings. The quantitative estimate of drug-likeness (QED) is 0.731. The smallest absolute Gasteiger partial charge is 0.250 e. The van der Waals surface area contributed by atoms with E-state index in [2.05, 4.69) is 10.6 Å². The lowest BCUT2D eigenvalue weighted by Crippen LogP contribution is -2.42. The summed E-state index contributed by atoms with van der Waals surface area (Å²) in [5.41, 5.74) is 6.17. The van der Waals surface area contributed by atoms with Crippen molar-refractivity contribution in [3.63, 3.8) is 0 Å². The summed E-state index contributed by atoms with van der Waals surface area (Å²) in [4.78, 5) is 23.4. The van der Waals surface area contributed by atoms with Crippen molar-refractivity contribution < 1.29 is 19.1 Å². The van der Waals surface area contributed by atoms with Crippen molar-refractivity contribution in [3.05, 3.63) is 54.1 Å². The van der Waals surface area contributed by atoms with E-state index in [0.29, 0.717) is 35.9 Å². The Bertz CT molecular complexity index is 778. The number of hydrogen-bond acceptors (Lipinski definition) is 5. The lowest BCUT2D eigenvalue weighted by Gasteiger charge is -2.26. The Balaban J connectivity index is 1.47. The fourth-order valence-corrected chi connectivity index (χ4v) is 2.48. The SMILES string of the molecule is NC(=O)c1ccccc1NCC(=O)NC[C@@H]1COc2ccccc2O1. The molecule has 25 heavy (non-hydrogen) atoms. The third-order valence-electron chi connectivity index (χ3n) is 3.73. The molecule has 0 aromatic heterocycles. The zero-order chi connectivity index (χ0) is 17.6. The summed E-state index contributed by atoms with van der Waals surface area (Å²) in [7, 11) is 0. The molecule has 0 saturated carbocycles. The topological polar surface area (TPSA) is 103 Å². The van der Waals surface area contributed by atoms with E-state index >= 15 is 0 Å². The Morgan fingerprint density at radius 2 is 1.80 bits per heavy atom. The van der Waals surface area contributed by atoms with Gasteiger partial charge in [-0.15, -0.1) is 0 Å². The van der Waals surface area contributed by atoms with Gasteiger partial charge in [-0.2, -0.15) is 0 Å². The van der Waals surface area contributed by atoms with Crippen LogP contribution in [0.3, 0.4) is 0 Å². The fraction of sp³-hybridized carbons (Fsp3) is 0.222. The molecule has 2 aromatic rings. The molecule has 1 atom stereocenters. The van der Waals surface area contributed by atoms with Crippen LogP contribution in [-0.4, -0.2) is 37.6 Å². The first-order valence-corrected chi connectivity index (χ1v) is 7.91. The van der Waals surface area contributed by atoms with Gasteiger partial charge in [0.05, 0.1) is 18.7 Å². The molecule has 1 heterocycles. The highest BCUT2D eigenvalue weighted by molar-refractivity contribution is 5.98. The van der Waals surface area contributed by atoms with E-state index in [-0.39, 0.29) is 18.6 Å². The minimum absolute atomic E-state index is 0.0223. The summed E-state index contributed by atoms with van der Waals surface area (Å²) in [6, 6.07) is 14.2. The number of primary amides is 1. The van der Waals surface area contributed by atoms with Gasteiger partial charge in [-0.05, 0) is 24.3 Å². The van der Waals surface area contributed by atoms with E-state index in [0.717, 1.165) is 0 Å². The molecule has 0 spiro atoms. The molecule has 130 valence electrons. The van der Waals surface area contributed by atoms with E-state index in [4.69, 9.17) is 15.2 Å². The van der Waals surface area contributed by atoms with Crippen molar-refractivity contribution >= 4 is 17.5 Å². The summed E-state index contributed by atoms with van der Waals surface area (Å²) in [5.74, 6) is 0.605. The molecular formula is C18H19N3O4. The maximum absolute atomic E-state index is 12.0. The minimum Gasteiger partial charge on any atom is -0.486 e. The Kier molecular flexibility index (Phi) is 5.03. The third-order valence-corrected chi connectivity index (χ3v) is 3.73. The molecule has 2 amide bonds. The maximum atomic E-state index is 12.0. The molecule has 3 rings (SSSR count). The molecule has 7 nitrogen and oxygen atoms in total. The number of benzene rings is 2. The highest BCUT2D eigenvalue weighted by atomic mass is 16.6. The largest absolute Gasteiger partial charge is 0.486 e. The molecule has 2 aromatic carbocycles. The van der Waals surface area contributed by atoms with Crippen LogP contribution in [0.5, 0.6) is 11.5 Å². The van der Waals surface area contributed by atoms with Crippen LogP contribution < -0.4 is 25.8 Å². The number of rotatable bonds is 6. The summed E-state index contributed by atoms with van der Waals surface area (Å²) in [6.07, 6.45) is -0.253. The fourth-order valence-electron chi connectivity index (χ4n) is 2.48. The van der Waals surface area contributed by atoms with E-state index in [1.165, 1.54) is 0 Å². The summed E-state index contributed by atoms with van der Waals surface area (Å²) < 4.78 is 11.4. The molecule has 0 radical (unpaired) electrons. The number of carbonyl (C=O) groups is 2. The second kappa shape index (κ2) is 7.57. The van der Waals surface area contributed by atoms with Gasteiger partial charge in [0.1, 0.15) is 12.7 Å². The van der Waals surface area contributed by atoms with Gasteiger partial charge in [0.2, 0.25) is 5.91 Å². The summed E-state index contributed by atoms with van der Waals surface area (Å²) in [5, 5.41) is 5.69. The molecule has 0 saturated heterocycles. The maximum Gasteiger partial charge on any atom is 0.250 e. The van der Waals surface area contributed by atoms with E-state index in [1.807, 2.05) is 24.3 Å². The molecular weight excluding hydrogens is 322 g/mol. The predicted molar refractivity (Wildman–Crippen MR) is 92.8 cm³/mol. The van der Waals surface area contributed by atoms with Gasteiger partial charge < -0.3 is 25.8 Å². The number of amides is 2. The Morgan fingerprint density at radius 1 is 1.08 bits per heavy atom.